The van der Waals surface area contributed by atoms with Gasteiger partial charge in [-0.05, 0) is 18.6 Å². The van der Waals surface area contributed by atoms with Crippen molar-refractivity contribution in [1.82, 2.24) is 4.98 Å². The summed E-state index contributed by atoms with van der Waals surface area (Å²) in [6.07, 6.45) is 2.58. The van der Waals surface area contributed by atoms with Crippen molar-refractivity contribution in [3.8, 4) is 0 Å². The molecule has 2 rings (SSSR count). The fraction of sp³-hybridized carbons (Fsp3) is 0.455. The molecule has 1 atom stereocenters. The minimum absolute atomic E-state index is 0.0127. The van der Waals surface area contributed by atoms with Crippen LogP contribution in [0.2, 0.25) is 0 Å². The van der Waals surface area contributed by atoms with E-state index in [1.165, 1.54) is 0 Å². The second kappa shape index (κ2) is 4.08. The van der Waals surface area contributed by atoms with Crippen molar-refractivity contribution in [3.63, 3.8) is 0 Å². The molecule has 0 bridgehead atoms. The number of nitrogens with two attached hydrogens (primary N) is 1. The molecule has 4 heteroatoms. The lowest BCUT2D eigenvalue weighted by Gasteiger charge is -2.19. The zero-order valence-corrected chi connectivity index (χ0v) is 8.48. The Morgan fingerprint density at radius 1 is 1.60 bits per heavy atom. The molecule has 1 aromatic rings. The van der Waals surface area contributed by atoms with E-state index < -0.39 is 5.54 Å². The quantitative estimate of drug-likeness (QED) is 0.773. The summed E-state index contributed by atoms with van der Waals surface area (Å²) in [7, 11) is 0. The van der Waals surface area contributed by atoms with E-state index in [4.69, 9.17) is 10.5 Å². The number of aromatic nitrogens is 1. The minimum atomic E-state index is -0.794. The van der Waals surface area contributed by atoms with E-state index in [-0.39, 0.29) is 5.78 Å². The van der Waals surface area contributed by atoms with Crippen LogP contribution in [0, 0.1) is 0 Å². The van der Waals surface area contributed by atoms with Crippen molar-refractivity contribution in [2.75, 3.05) is 13.2 Å². The van der Waals surface area contributed by atoms with E-state index in [9.17, 15) is 4.79 Å². The monoisotopic (exact) mass is 206 g/mol. The average molecular weight is 206 g/mol. The number of pyridine rings is 1. The zero-order valence-electron chi connectivity index (χ0n) is 8.48. The summed E-state index contributed by atoms with van der Waals surface area (Å²) in [5.41, 5.74) is 5.92. The van der Waals surface area contributed by atoms with Crippen molar-refractivity contribution in [3.05, 3.63) is 30.1 Å². The first kappa shape index (κ1) is 10.3. The van der Waals surface area contributed by atoms with Gasteiger partial charge in [-0.3, -0.25) is 9.78 Å². The topological polar surface area (TPSA) is 65.2 Å². The predicted octanol–water partition coefficient (Wildman–Crippen LogP) is 0.311. The lowest BCUT2D eigenvalue weighted by molar-refractivity contribution is -0.123. The number of carbonyl (C=O) groups is 1. The number of ketones is 1. The third-order valence-electron chi connectivity index (χ3n) is 2.68. The Morgan fingerprint density at radius 3 is 3.07 bits per heavy atom. The number of ether oxygens (including phenoxy) is 1. The van der Waals surface area contributed by atoms with Crippen LogP contribution in [0.25, 0.3) is 0 Å². The molecule has 0 spiro atoms. The molecule has 4 nitrogen and oxygen atoms in total. The van der Waals surface area contributed by atoms with Crippen molar-refractivity contribution in [2.45, 2.75) is 18.4 Å². The molecular formula is C11H14N2O2. The van der Waals surface area contributed by atoms with Crippen molar-refractivity contribution < 1.29 is 9.53 Å². The van der Waals surface area contributed by atoms with Gasteiger partial charge in [-0.1, -0.05) is 6.07 Å². The molecule has 1 aliphatic rings. The Kier molecular flexibility index (Phi) is 2.79. The molecule has 0 saturated carbocycles. The summed E-state index contributed by atoms with van der Waals surface area (Å²) >= 11 is 0. The predicted molar refractivity (Wildman–Crippen MR) is 55.3 cm³/mol. The van der Waals surface area contributed by atoms with Gasteiger partial charge in [0, 0.05) is 18.5 Å². The van der Waals surface area contributed by atoms with Gasteiger partial charge in [0.1, 0.15) is 5.54 Å². The largest absolute Gasteiger partial charge is 0.379 e. The van der Waals surface area contributed by atoms with E-state index in [2.05, 4.69) is 4.98 Å². The fourth-order valence-electron chi connectivity index (χ4n) is 1.64. The molecule has 2 N–H and O–H groups in total. The molecule has 1 fully saturated rings. The van der Waals surface area contributed by atoms with Crippen LogP contribution in [-0.4, -0.2) is 29.5 Å². The number of Topliss-reactive ketones (excluding diaryl/α,β-unsaturated/α-hetero) is 1. The number of hydrogen-bond acceptors (Lipinski definition) is 4. The molecule has 80 valence electrons. The summed E-state index contributed by atoms with van der Waals surface area (Å²) < 4.78 is 5.15. The fourth-order valence-corrected chi connectivity index (χ4v) is 1.64. The standard InChI is InChI=1S/C11H14N2O2/c12-11(4-6-15-8-11)10(14)7-9-3-1-2-5-13-9/h1-3,5H,4,6-8,12H2. The van der Waals surface area contributed by atoms with Crippen LogP contribution < -0.4 is 5.73 Å². The molecule has 0 aromatic carbocycles. The second-order valence-corrected chi connectivity index (χ2v) is 3.88. The van der Waals surface area contributed by atoms with Crippen molar-refractivity contribution in [2.24, 2.45) is 5.73 Å². The first-order valence-electron chi connectivity index (χ1n) is 5.00. The van der Waals surface area contributed by atoms with Gasteiger partial charge < -0.3 is 10.5 Å². The van der Waals surface area contributed by atoms with E-state index in [1.807, 2.05) is 18.2 Å². The summed E-state index contributed by atoms with van der Waals surface area (Å²) in [6, 6.07) is 5.52. The molecule has 15 heavy (non-hydrogen) atoms. The maximum atomic E-state index is 11.9. The van der Waals surface area contributed by atoms with Gasteiger partial charge in [0.2, 0.25) is 0 Å². The van der Waals surface area contributed by atoms with E-state index in [1.54, 1.807) is 6.20 Å². The van der Waals surface area contributed by atoms with Gasteiger partial charge in [-0.25, -0.2) is 0 Å². The van der Waals surface area contributed by atoms with Crippen LogP contribution in [0.3, 0.4) is 0 Å². The average Bonchev–Trinajstić information content (AvgIpc) is 2.68. The highest BCUT2D eigenvalue weighted by atomic mass is 16.5. The molecule has 1 unspecified atom stereocenters. The highest BCUT2D eigenvalue weighted by molar-refractivity contribution is 5.90. The molecule has 0 aliphatic carbocycles. The molecule has 0 radical (unpaired) electrons. The molecule has 1 saturated heterocycles. The summed E-state index contributed by atoms with van der Waals surface area (Å²) in [6.45, 7) is 0.906. The maximum absolute atomic E-state index is 11.9. The molecule has 1 aromatic heterocycles. The van der Waals surface area contributed by atoms with Crippen LogP contribution in [0.15, 0.2) is 24.4 Å². The highest BCUT2D eigenvalue weighted by Crippen LogP contribution is 2.18. The second-order valence-electron chi connectivity index (χ2n) is 3.88. The summed E-state index contributed by atoms with van der Waals surface area (Å²) in [5, 5.41) is 0. The van der Waals surface area contributed by atoms with Crippen molar-refractivity contribution in [1.29, 1.82) is 0 Å². The van der Waals surface area contributed by atoms with Gasteiger partial charge in [0.05, 0.1) is 13.0 Å². The zero-order chi connectivity index (χ0) is 10.7. The number of hydrogen-bond donors (Lipinski definition) is 1. The van der Waals surface area contributed by atoms with Crippen LogP contribution in [0.1, 0.15) is 12.1 Å². The van der Waals surface area contributed by atoms with Gasteiger partial charge in [-0.2, -0.15) is 0 Å². The first-order valence-corrected chi connectivity index (χ1v) is 5.00. The SMILES string of the molecule is NC1(C(=O)Cc2ccccn2)CCOC1. The maximum Gasteiger partial charge on any atom is 0.161 e. The Morgan fingerprint density at radius 2 is 2.47 bits per heavy atom. The van der Waals surface area contributed by atoms with E-state index in [0.29, 0.717) is 26.1 Å². The smallest absolute Gasteiger partial charge is 0.161 e. The third-order valence-corrected chi connectivity index (χ3v) is 2.68. The summed E-state index contributed by atoms with van der Waals surface area (Å²) in [5.74, 6) is 0.0127. The van der Waals surface area contributed by atoms with Crippen LogP contribution in [0.4, 0.5) is 0 Å². The van der Waals surface area contributed by atoms with E-state index in [0.717, 1.165) is 5.69 Å². The lowest BCUT2D eigenvalue weighted by Crippen LogP contribution is -2.49. The van der Waals surface area contributed by atoms with Crippen LogP contribution >= 0.6 is 0 Å². The number of nitrogens with zero attached hydrogens (tertiary/aromatic N) is 1. The number of carbonyl (C=O) groups excluding carboxylic acids is 1. The molecule has 0 amide bonds. The van der Waals surface area contributed by atoms with Crippen LogP contribution in [-0.2, 0) is 16.0 Å². The lowest BCUT2D eigenvalue weighted by atomic mass is 9.91. The van der Waals surface area contributed by atoms with Gasteiger partial charge in [0.25, 0.3) is 0 Å². The Bertz CT molecular complexity index is 345. The van der Waals surface area contributed by atoms with E-state index >= 15 is 0 Å². The van der Waals surface area contributed by atoms with Gasteiger partial charge in [0.15, 0.2) is 5.78 Å². The van der Waals surface area contributed by atoms with Gasteiger partial charge in [-0.15, -0.1) is 0 Å². The van der Waals surface area contributed by atoms with Crippen LogP contribution in [0.5, 0.6) is 0 Å². The Balaban J connectivity index is 2.04. The normalized spacial score (nSPS) is 25.4. The van der Waals surface area contributed by atoms with Gasteiger partial charge >= 0.3 is 0 Å². The highest BCUT2D eigenvalue weighted by Gasteiger charge is 2.37. The molecule has 2 heterocycles. The first-order chi connectivity index (χ1) is 7.21. The summed E-state index contributed by atoms with van der Waals surface area (Å²) in [4.78, 5) is 16.0. The molecular weight excluding hydrogens is 192 g/mol. The van der Waals surface area contributed by atoms with Crippen molar-refractivity contribution >= 4 is 5.78 Å². The Hall–Kier alpha value is -1.26. The Labute approximate surface area is 88.4 Å². The molecule has 1 aliphatic heterocycles. The number of rotatable bonds is 3. The minimum Gasteiger partial charge on any atom is -0.379 e. The third kappa shape index (κ3) is 2.22.